The Hall–Kier alpha value is -0.803. The van der Waals surface area contributed by atoms with Crippen LogP contribution in [0.4, 0.5) is 5.69 Å². The zero-order valence-corrected chi connectivity index (χ0v) is 14.2. The van der Waals surface area contributed by atoms with E-state index in [1.807, 2.05) is 18.2 Å². The summed E-state index contributed by atoms with van der Waals surface area (Å²) in [6.07, 6.45) is 0. The summed E-state index contributed by atoms with van der Waals surface area (Å²) in [5.41, 5.74) is 9.68. The molecule has 0 aliphatic carbocycles. The van der Waals surface area contributed by atoms with Gasteiger partial charge in [-0.25, -0.2) is 0 Å². The van der Waals surface area contributed by atoms with Crippen molar-refractivity contribution in [3.8, 4) is 0 Å². The van der Waals surface area contributed by atoms with Gasteiger partial charge in [0.2, 0.25) is 8.32 Å². The molecule has 0 spiro atoms. The molecule has 2 nitrogen and oxygen atoms in total. The molecule has 1 aromatic rings. The van der Waals surface area contributed by atoms with Crippen molar-refractivity contribution in [1.29, 1.82) is 0 Å². The first-order valence-electron chi connectivity index (χ1n) is 7.29. The van der Waals surface area contributed by atoms with Gasteiger partial charge in [0.15, 0.2) is 0 Å². The second-order valence-electron chi connectivity index (χ2n) is 6.35. The third kappa shape index (κ3) is 3.60. The summed E-state index contributed by atoms with van der Waals surface area (Å²) in [5.74, 6) is 0. The summed E-state index contributed by atoms with van der Waals surface area (Å²) in [7, 11) is -1.77. The summed E-state index contributed by atoms with van der Waals surface area (Å²) < 4.78 is 6.54. The number of hydrogen-bond donors (Lipinski definition) is 1. The molecule has 0 amide bonds. The van der Waals surface area contributed by atoms with E-state index in [2.05, 4.69) is 47.6 Å². The number of benzene rings is 1. The van der Waals surface area contributed by atoms with Gasteiger partial charge in [0, 0.05) is 5.69 Å². The predicted molar refractivity (Wildman–Crippen MR) is 86.7 cm³/mol. The maximum absolute atomic E-state index is 6.54. The highest BCUT2D eigenvalue weighted by atomic mass is 28.4. The molecule has 19 heavy (non-hydrogen) atoms. The summed E-state index contributed by atoms with van der Waals surface area (Å²) in [5, 5.41) is 0. The van der Waals surface area contributed by atoms with Crippen LogP contribution in [-0.2, 0) is 11.0 Å². The maximum Gasteiger partial charge on any atom is 0.200 e. The van der Waals surface area contributed by atoms with E-state index in [0.717, 1.165) is 5.69 Å². The number of anilines is 1. The van der Waals surface area contributed by atoms with Crippen LogP contribution in [0.5, 0.6) is 0 Å². The van der Waals surface area contributed by atoms with Gasteiger partial charge in [-0.05, 0) is 34.3 Å². The van der Waals surface area contributed by atoms with Crippen molar-refractivity contribution in [2.75, 3.05) is 5.73 Å². The molecule has 0 radical (unpaired) electrons. The van der Waals surface area contributed by atoms with Gasteiger partial charge < -0.3 is 10.2 Å². The second-order valence-corrected chi connectivity index (χ2v) is 11.8. The molecule has 108 valence electrons. The molecule has 2 N–H and O–H groups in total. The van der Waals surface area contributed by atoms with E-state index >= 15 is 0 Å². The van der Waals surface area contributed by atoms with E-state index in [9.17, 15) is 0 Å². The molecule has 0 aromatic heterocycles. The van der Waals surface area contributed by atoms with Gasteiger partial charge in [-0.15, -0.1) is 0 Å². The fourth-order valence-electron chi connectivity index (χ4n) is 3.39. The Balaban J connectivity index is 2.90. The third-order valence-corrected chi connectivity index (χ3v) is 10.2. The number of nitrogen functional groups attached to an aromatic ring is 1. The van der Waals surface area contributed by atoms with Crippen molar-refractivity contribution in [2.45, 2.75) is 64.8 Å². The highest BCUT2D eigenvalue weighted by Crippen LogP contribution is 2.42. The lowest BCUT2D eigenvalue weighted by Gasteiger charge is -2.42. The van der Waals surface area contributed by atoms with E-state index in [-0.39, 0.29) is 0 Å². The van der Waals surface area contributed by atoms with E-state index in [4.69, 9.17) is 10.2 Å². The molecule has 0 aliphatic heterocycles. The van der Waals surface area contributed by atoms with Crippen molar-refractivity contribution < 1.29 is 4.43 Å². The van der Waals surface area contributed by atoms with Gasteiger partial charge in [0.25, 0.3) is 0 Å². The molecule has 0 atom stereocenters. The van der Waals surface area contributed by atoms with Crippen molar-refractivity contribution in [2.24, 2.45) is 0 Å². The smallest absolute Gasteiger partial charge is 0.200 e. The van der Waals surface area contributed by atoms with Gasteiger partial charge >= 0.3 is 0 Å². The normalized spacial score (nSPS) is 12.7. The highest BCUT2D eigenvalue weighted by Gasteiger charge is 2.44. The highest BCUT2D eigenvalue weighted by molar-refractivity contribution is 6.77. The zero-order valence-electron chi connectivity index (χ0n) is 13.2. The zero-order chi connectivity index (χ0) is 14.6. The van der Waals surface area contributed by atoms with Crippen LogP contribution in [0.2, 0.25) is 16.6 Å². The van der Waals surface area contributed by atoms with Crippen LogP contribution >= 0.6 is 0 Å². The van der Waals surface area contributed by atoms with E-state index < -0.39 is 8.32 Å². The Morgan fingerprint density at radius 1 is 1.00 bits per heavy atom. The van der Waals surface area contributed by atoms with Gasteiger partial charge in [-0.3, -0.25) is 0 Å². The lowest BCUT2D eigenvalue weighted by atomic mass is 10.2. The van der Waals surface area contributed by atoms with Gasteiger partial charge in [0.1, 0.15) is 0 Å². The molecule has 0 bridgehead atoms. The Kier molecular flexibility index (Phi) is 5.62. The van der Waals surface area contributed by atoms with Crippen molar-refractivity contribution >= 4 is 14.0 Å². The lowest BCUT2D eigenvalue weighted by Crippen LogP contribution is -2.47. The van der Waals surface area contributed by atoms with Gasteiger partial charge in [-0.2, -0.15) is 0 Å². The molecule has 0 unspecified atom stereocenters. The molecular formula is C16H29NOSi. The van der Waals surface area contributed by atoms with Gasteiger partial charge in [0.05, 0.1) is 6.61 Å². The quantitative estimate of drug-likeness (QED) is 0.590. The minimum absolute atomic E-state index is 0.619. The lowest BCUT2D eigenvalue weighted by molar-refractivity contribution is 0.266. The summed E-state index contributed by atoms with van der Waals surface area (Å²) in [4.78, 5) is 0. The molecule has 1 rings (SSSR count). The Bertz CT molecular complexity index is 380. The van der Waals surface area contributed by atoms with Gasteiger partial charge in [-0.1, -0.05) is 53.7 Å². The van der Waals surface area contributed by atoms with Crippen LogP contribution in [0.1, 0.15) is 47.1 Å². The second kappa shape index (κ2) is 6.57. The summed E-state index contributed by atoms with van der Waals surface area (Å²) in [6.45, 7) is 14.6. The fourth-order valence-corrected chi connectivity index (χ4v) is 8.81. The first-order chi connectivity index (χ1) is 8.80. The monoisotopic (exact) mass is 279 g/mol. The van der Waals surface area contributed by atoms with Crippen LogP contribution in [0, 0.1) is 0 Å². The number of hydrogen-bond acceptors (Lipinski definition) is 2. The number of rotatable bonds is 6. The molecule has 3 heteroatoms. The molecule has 0 aliphatic rings. The summed E-state index contributed by atoms with van der Waals surface area (Å²) >= 11 is 0. The maximum atomic E-state index is 6.54. The van der Waals surface area contributed by atoms with Crippen molar-refractivity contribution in [3.05, 3.63) is 29.8 Å². The van der Waals surface area contributed by atoms with Crippen LogP contribution in [0.15, 0.2) is 24.3 Å². The molecule has 0 saturated carbocycles. The molecule has 1 aromatic carbocycles. The van der Waals surface area contributed by atoms with Crippen molar-refractivity contribution in [3.63, 3.8) is 0 Å². The fraction of sp³-hybridized carbons (Fsp3) is 0.625. The first-order valence-corrected chi connectivity index (χ1v) is 9.43. The Labute approximate surface area is 119 Å². The first kappa shape index (κ1) is 16.3. The predicted octanol–water partition coefficient (Wildman–Crippen LogP) is 4.96. The van der Waals surface area contributed by atoms with Crippen molar-refractivity contribution in [1.82, 2.24) is 0 Å². The van der Waals surface area contributed by atoms with Crippen LogP contribution < -0.4 is 5.73 Å². The average Bonchev–Trinajstić information content (AvgIpc) is 2.28. The van der Waals surface area contributed by atoms with Crippen LogP contribution in [0.25, 0.3) is 0 Å². The van der Waals surface area contributed by atoms with E-state index in [1.54, 1.807) is 0 Å². The van der Waals surface area contributed by atoms with Crippen LogP contribution in [-0.4, -0.2) is 8.32 Å². The summed E-state index contributed by atoms with van der Waals surface area (Å²) in [6, 6.07) is 8.02. The molecule has 0 heterocycles. The minimum Gasteiger partial charge on any atom is -0.412 e. The average molecular weight is 280 g/mol. The molecule has 0 saturated heterocycles. The van der Waals surface area contributed by atoms with E-state index in [1.165, 1.54) is 5.56 Å². The molecular weight excluding hydrogens is 250 g/mol. The third-order valence-electron chi connectivity index (χ3n) is 4.15. The molecule has 0 fully saturated rings. The van der Waals surface area contributed by atoms with E-state index in [0.29, 0.717) is 23.2 Å². The standard InChI is InChI=1S/C16H29NOSi/c1-12(2)19(13(3)4,14(5)6)18-11-15-8-7-9-16(17)10-15/h7-10,12-14H,11,17H2,1-6H3. The number of nitrogens with two attached hydrogens (primary N) is 1. The SMILES string of the molecule is CC(C)[Si](OCc1cccc(N)c1)(C(C)C)C(C)C. The minimum atomic E-state index is -1.77. The van der Waals surface area contributed by atoms with Crippen LogP contribution in [0.3, 0.4) is 0 Å². The largest absolute Gasteiger partial charge is 0.412 e. The topological polar surface area (TPSA) is 35.2 Å². The Morgan fingerprint density at radius 2 is 1.53 bits per heavy atom. The Morgan fingerprint density at radius 3 is 1.95 bits per heavy atom.